The zero-order chi connectivity index (χ0) is 10.8. The van der Waals surface area contributed by atoms with Crippen LogP contribution in [0.25, 0.3) is 0 Å². The van der Waals surface area contributed by atoms with E-state index >= 15 is 0 Å². The van der Waals surface area contributed by atoms with Crippen molar-refractivity contribution < 1.29 is 9.50 Å². The number of benzene rings is 1. The average Bonchev–Trinajstić information content (AvgIpc) is 2.10. The molecule has 1 unspecified atom stereocenters. The second kappa shape index (κ2) is 4.26. The summed E-state index contributed by atoms with van der Waals surface area (Å²) in [4.78, 5) is 0. The first-order valence-corrected chi connectivity index (χ1v) is 4.66. The summed E-state index contributed by atoms with van der Waals surface area (Å²) >= 11 is 5.82. The highest BCUT2D eigenvalue weighted by molar-refractivity contribution is 6.31. The number of aliphatic hydroxyl groups excluding tert-OH is 1. The van der Waals surface area contributed by atoms with Gasteiger partial charge in [0.15, 0.2) is 0 Å². The van der Waals surface area contributed by atoms with Crippen LogP contribution in [0.2, 0.25) is 5.02 Å². The van der Waals surface area contributed by atoms with E-state index in [2.05, 4.69) is 0 Å². The van der Waals surface area contributed by atoms with E-state index in [1.807, 2.05) is 0 Å². The summed E-state index contributed by atoms with van der Waals surface area (Å²) in [7, 11) is 0. The van der Waals surface area contributed by atoms with Crippen molar-refractivity contribution in [3.8, 4) is 0 Å². The lowest BCUT2D eigenvalue weighted by Crippen LogP contribution is -2.42. The van der Waals surface area contributed by atoms with Gasteiger partial charge in [0, 0.05) is 10.6 Å². The molecule has 2 nitrogen and oxygen atoms in total. The van der Waals surface area contributed by atoms with Gasteiger partial charge in [0.05, 0.1) is 6.61 Å². The van der Waals surface area contributed by atoms with E-state index in [-0.39, 0.29) is 12.4 Å². The van der Waals surface area contributed by atoms with Crippen LogP contribution in [0.15, 0.2) is 18.2 Å². The molecule has 78 valence electrons. The fraction of sp³-hybridized carbons (Fsp3) is 0.400. The number of halogens is 2. The van der Waals surface area contributed by atoms with Gasteiger partial charge in [-0.05, 0) is 31.0 Å². The van der Waals surface area contributed by atoms with Crippen LogP contribution in [-0.4, -0.2) is 17.3 Å². The van der Waals surface area contributed by atoms with E-state index in [1.54, 1.807) is 13.0 Å². The smallest absolute Gasteiger partial charge is 0.124 e. The topological polar surface area (TPSA) is 46.2 Å². The van der Waals surface area contributed by atoms with Gasteiger partial charge in [-0.15, -0.1) is 0 Å². The fourth-order valence-corrected chi connectivity index (χ4v) is 1.39. The fourth-order valence-electron chi connectivity index (χ4n) is 1.16. The highest BCUT2D eigenvalue weighted by atomic mass is 35.5. The summed E-state index contributed by atoms with van der Waals surface area (Å²) in [6, 6.07) is 4.15. The van der Waals surface area contributed by atoms with E-state index in [4.69, 9.17) is 22.4 Å². The van der Waals surface area contributed by atoms with Gasteiger partial charge in [-0.3, -0.25) is 0 Å². The summed E-state index contributed by atoms with van der Waals surface area (Å²) in [5.74, 6) is -0.374. The third kappa shape index (κ3) is 2.94. The Labute approximate surface area is 87.5 Å². The van der Waals surface area contributed by atoms with Crippen LogP contribution >= 0.6 is 11.6 Å². The molecule has 0 radical (unpaired) electrons. The maximum absolute atomic E-state index is 12.7. The Balaban J connectivity index is 2.87. The van der Waals surface area contributed by atoms with Crippen LogP contribution in [0.3, 0.4) is 0 Å². The second-order valence-corrected chi connectivity index (χ2v) is 4.13. The van der Waals surface area contributed by atoms with Crippen LogP contribution in [0.1, 0.15) is 12.5 Å². The molecule has 0 saturated heterocycles. The first-order valence-electron chi connectivity index (χ1n) is 4.28. The molecule has 1 rings (SSSR count). The first-order chi connectivity index (χ1) is 6.44. The molecule has 0 aliphatic rings. The van der Waals surface area contributed by atoms with Crippen LogP contribution < -0.4 is 5.73 Å². The highest BCUT2D eigenvalue weighted by Crippen LogP contribution is 2.21. The Morgan fingerprint density at radius 1 is 1.57 bits per heavy atom. The van der Waals surface area contributed by atoms with Crippen LogP contribution in [0.4, 0.5) is 4.39 Å². The van der Waals surface area contributed by atoms with Crippen molar-refractivity contribution in [2.24, 2.45) is 5.73 Å². The standard InChI is InChI=1S/C10H13ClFNO/c1-10(13,6-14)5-7-2-3-8(12)4-9(7)11/h2-4,14H,5-6,13H2,1H3. The molecule has 1 aromatic carbocycles. The van der Waals surface area contributed by atoms with Gasteiger partial charge >= 0.3 is 0 Å². The van der Waals surface area contributed by atoms with Crippen LogP contribution in [0.5, 0.6) is 0 Å². The SMILES string of the molecule is CC(N)(CO)Cc1ccc(F)cc1Cl. The molecule has 0 saturated carbocycles. The second-order valence-electron chi connectivity index (χ2n) is 3.72. The number of hydrogen-bond donors (Lipinski definition) is 2. The number of hydrogen-bond acceptors (Lipinski definition) is 2. The Kier molecular flexibility index (Phi) is 3.48. The van der Waals surface area contributed by atoms with Crippen molar-refractivity contribution in [2.75, 3.05) is 6.61 Å². The van der Waals surface area contributed by atoms with Crippen LogP contribution in [-0.2, 0) is 6.42 Å². The molecule has 3 N–H and O–H groups in total. The maximum Gasteiger partial charge on any atom is 0.124 e. The van der Waals surface area contributed by atoms with Crippen molar-refractivity contribution in [1.29, 1.82) is 0 Å². The first kappa shape index (κ1) is 11.4. The van der Waals surface area contributed by atoms with E-state index < -0.39 is 5.54 Å². The van der Waals surface area contributed by atoms with Gasteiger partial charge in [0.25, 0.3) is 0 Å². The predicted octanol–water partition coefficient (Wildman–Crippen LogP) is 1.73. The molecular weight excluding hydrogens is 205 g/mol. The van der Waals surface area contributed by atoms with Gasteiger partial charge < -0.3 is 10.8 Å². The molecule has 0 heterocycles. The number of rotatable bonds is 3. The van der Waals surface area contributed by atoms with Crippen molar-refractivity contribution in [2.45, 2.75) is 18.9 Å². The quantitative estimate of drug-likeness (QED) is 0.810. The van der Waals surface area contributed by atoms with E-state index in [1.165, 1.54) is 12.1 Å². The van der Waals surface area contributed by atoms with Gasteiger partial charge in [-0.2, -0.15) is 0 Å². The minimum atomic E-state index is -0.721. The normalized spacial score (nSPS) is 15.2. The summed E-state index contributed by atoms with van der Waals surface area (Å²) in [5, 5.41) is 9.30. The lowest BCUT2D eigenvalue weighted by atomic mass is 9.95. The number of aliphatic hydroxyl groups is 1. The Hall–Kier alpha value is -0.640. The molecule has 4 heteroatoms. The van der Waals surface area contributed by atoms with E-state index in [0.717, 1.165) is 5.56 Å². The molecule has 1 aromatic rings. The van der Waals surface area contributed by atoms with Crippen molar-refractivity contribution in [3.63, 3.8) is 0 Å². The highest BCUT2D eigenvalue weighted by Gasteiger charge is 2.19. The lowest BCUT2D eigenvalue weighted by molar-refractivity contribution is 0.208. The minimum Gasteiger partial charge on any atom is -0.394 e. The van der Waals surface area contributed by atoms with Gasteiger partial charge in [0.2, 0.25) is 0 Å². The summed E-state index contributed by atoms with van der Waals surface area (Å²) in [6.07, 6.45) is 0.419. The predicted molar refractivity (Wildman–Crippen MR) is 54.8 cm³/mol. The van der Waals surface area contributed by atoms with Gasteiger partial charge in [-0.1, -0.05) is 17.7 Å². The lowest BCUT2D eigenvalue weighted by Gasteiger charge is -2.22. The summed E-state index contributed by atoms with van der Waals surface area (Å²) < 4.78 is 12.7. The minimum absolute atomic E-state index is 0.138. The largest absolute Gasteiger partial charge is 0.394 e. The zero-order valence-corrected chi connectivity index (χ0v) is 8.68. The average molecular weight is 218 g/mol. The van der Waals surface area contributed by atoms with Gasteiger partial charge in [0.1, 0.15) is 5.82 Å². The third-order valence-corrected chi connectivity index (χ3v) is 2.32. The summed E-state index contributed by atoms with van der Waals surface area (Å²) in [6.45, 7) is 1.58. The molecule has 0 amide bonds. The van der Waals surface area contributed by atoms with Crippen molar-refractivity contribution >= 4 is 11.6 Å². The zero-order valence-electron chi connectivity index (χ0n) is 7.93. The van der Waals surface area contributed by atoms with Crippen molar-refractivity contribution in [1.82, 2.24) is 0 Å². The third-order valence-electron chi connectivity index (χ3n) is 1.97. The molecule has 0 aliphatic carbocycles. The molecule has 0 bridgehead atoms. The summed E-state index contributed by atoms with van der Waals surface area (Å²) in [5.41, 5.74) is 5.77. The molecule has 0 spiro atoms. The molecule has 0 aliphatic heterocycles. The Bertz CT molecular complexity index is 328. The molecule has 14 heavy (non-hydrogen) atoms. The van der Waals surface area contributed by atoms with Crippen molar-refractivity contribution in [3.05, 3.63) is 34.6 Å². The maximum atomic E-state index is 12.7. The molecule has 0 fully saturated rings. The van der Waals surface area contributed by atoms with E-state index in [0.29, 0.717) is 11.4 Å². The molecule has 0 aromatic heterocycles. The molecular formula is C10H13ClFNO. The van der Waals surface area contributed by atoms with Crippen LogP contribution in [0, 0.1) is 5.82 Å². The molecule has 1 atom stereocenters. The van der Waals surface area contributed by atoms with Gasteiger partial charge in [-0.25, -0.2) is 4.39 Å². The van der Waals surface area contributed by atoms with E-state index in [9.17, 15) is 4.39 Å². The monoisotopic (exact) mass is 217 g/mol. The Morgan fingerprint density at radius 2 is 2.21 bits per heavy atom. The number of nitrogens with two attached hydrogens (primary N) is 1. The Morgan fingerprint density at radius 3 is 2.71 bits per heavy atom.